The minimum Gasteiger partial charge on any atom is -0.768 e. The first-order valence-corrected chi connectivity index (χ1v) is 5.69. The van der Waals surface area contributed by atoms with E-state index >= 15 is 0 Å². The Morgan fingerprint density at radius 1 is 1.39 bits per heavy atom. The Hall–Kier alpha value is -0.660. The number of esters is 1. The van der Waals surface area contributed by atoms with Crippen molar-refractivity contribution in [3.05, 3.63) is 29.8 Å². The van der Waals surface area contributed by atoms with Crippen molar-refractivity contribution in [1.29, 1.82) is 0 Å². The quantitative estimate of drug-likeness (QED) is 0.279. The minimum atomic E-state index is -2.39. The predicted octanol–water partition coefficient (Wildman–Crippen LogP) is -1.88. The van der Waals surface area contributed by atoms with Gasteiger partial charge in [0.25, 0.3) is 0 Å². The van der Waals surface area contributed by atoms with Crippen molar-refractivity contribution in [1.82, 2.24) is 0 Å². The molecule has 1 aromatic rings. The SMILES string of the molecule is COC(=O)/C=C/c1ccc(OC)c(S(=O)[O-])c1.[Na+]. The van der Waals surface area contributed by atoms with E-state index in [2.05, 4.69) is 4.74 Å². The number of methoxy groups -OCH3 is 2. The van der Waals surface area contributed by atoms with Crippen LogP contribution in [0.1, 0.15) is 5.56 Å². The van der Waals surface area contributed by atoms with E-state index in [9.17, 15) is 13.6 Å². The topological polar surface area (TPSA) is 75.7 Å². The van der Waals surface area contributed by atoms with Gasteiger partial charge in [-0.15, -0.1) is 0 Å². The van der Waals surface area contributed by atoms with Gasteiger partial charge in [0.15, 0.2) is 0 Å². The fourth-order valence-corrected chi connectivity index (χ4v) is 1.71. The van der Waals surface area contributed by atoms with E-state index in [1.54, 1.807) is 6.07 Å². The van der Waals surface area contributed by atoms with Crippen LogP contribution in [0.15, 0.2) is 29.2 Å². The van der Waals surface area contributed by atoms with Gasteiger partial charge < -0.3 is 14.0 Å². The summed E-state index contributed by atoms with van der Waals surface area (Å²) in [4.78, 5) is 10.9. The number of ether oxygens (including phenoxy) is 2. The second kappa shape index (κ2) is 8.44. The van der Waals surface area contributed by atoms with Crippen molar-refractivity contribution in [2.24, 2.45) is 0 Å². The van der Waals surface area contributed by atoms with Crippen LogP contribution in [0.3, 0.4) is 0 Å². The Labute approximate surface area is 130 Å². The maximum absolute atomic E-state index is 10.9. The molecule has 0 aromatic heterocycles. The fraction of sp³-hybridized carbons (Fsp3) is 0.182. The predicted molar refractivity (Wildman–Crippen MR) is 61.2 cm³/mol. The Bertz CT molecular complexity index is 473. The third-order valence-electron chi connectivity index (χ3n) is 1.98. The summed E-state index contributed by atoms with van der Waals surface area (Å²) in [6.45, 7) is 0. The third kappa shape index (κ3) is 4.91. The van der Waals surface area contributed by atoms with E-state index in [1.165, 1.54) is 38.5 Å². The van der Waals surface area contributed by atoms with Crippen molar-refractivity contribution in [3.8, 4) is 5.75 Å². The first-order valence-electron chi connectivity index (χ1n) is 4.62. The molecule has 92 valence electrons. The molecule has 1 aromatic carbocycles. The minimum absolute atomic E-state index is 0. The van der Waals surface area contributed by atoms with Crippen LogP contribution in [0.2, 0.25) is 0 Å². The first kappa shape index (κ1) is 17.3. The average Bonchev–Trinajstić information content (AvgIpc) is 2.35. The van der Waals surface area contributed by atoms with Gasteiger partial charge in [-0.3, -0.25) is 4.21 Å². The van der Waals surface area contributed by atoms with E-state index in [0.717, 1.165) is 0 Å². The van der Waals surface area contributed by atoms with Gasteiger partial charge in [0.1, 0.15) is 5.75 Å². The molecular weight excluding hydrogens is 267 g/mol. The molecule has 0 amide bonds. The first-order chi connectivity index (χ1) is 8.08. The summed E-state index contributed by atoms with van der Waals surface area (Å²) in [5, 5.41) is 0. The molecule has 5 nitrogen and oxygen atoms in total. The number of benzene rings is 1. The molecule has 0 N–H and O–H groups in total. The summed E-state index contributed by atoms with van der Waals surface area (Å²) in [6, 6.07) is 4.55. The van der Waals surface area contributed by atoms with E-state index < -0.39 is 17.0 Å². The molecule has 0 radical (unpaired) electrons. The summed E-state index contributed by atoms with van der Waals surface area (Å²) in [6.07, 6.45) is 2.67. The van der Waals surface area contributed by atoms with Gasteiger partial charge in [0.2, 0.25) is 0 Å². The summed E-state index contributed by atoms with van der Waals surface area (Å²) >= 11 is -2.39. The molecule has 0 aliphatic heterocycles. The molecule has 0 aliphatic carbocycles. The number of rotatable bonds is 4. The van der Waals surface area contributed by atoms with Crippen LogP contribution in [0.25, 0.3) is 6.08 Å². The zero-order valence-electron chi connectivity index (χ0n) is 10.3. The van der Waals surface area contributed by atoms with Crippen molar-refractivity contribution in [2.75, 3.05) is 14.2 Å². The summed E-state index contributed by atoms with van der Waals surface area (Å²) < 4.78 is 31.2. The second-order valence-corrected chi connectivity index (χ2v) is 3.91. The molecule has 0 saturated carbocycles. The van der Waals surface area contributed by atoms with Crippen molar-refractivity contribution < 1.29 is 52.6 Å². The number of hydrogen-bond acceptors (Lipinski definition) is 5. The summed E-state index contributed by atoms with van der Waals surface area (Å²) in [5.74, 6) is -0.251. The molecule has 0 heterocycles. The van der Waals surface area contributed by atoms with Gasteiger partial charge in [0.05, 0.1) is 19.1 Å². The zero-order chi connectivity index (χ0) is 12.8. The largest absolute Gasteiger partial charge is 1.00 e. The Morgan fingerprint density at radius 2 is 2.06 bits per heavy atom. The molecule has 1 rings (SSSR count). The maximum atomic E-state index is 10.9. The molecule has 0 fully saturated rings. The normalized spacial score (nSPS) is 11.7. The molecule has 0 saturated heterocycles. The van der Waals surface area contributed by atoms with Gasteiger partial charge in [-0.2, -0.15) is 0 Å². The van der Waals surface area contributed by atoms with Crippen LogP contribution in [0.5, 0.6) is 5.75 Å². The van der Waals surface area contributed by atoms with E-state index in [0.29, 0.717) is 5.56 Å². The van der Waals surface area contributed by atoms with Crippen molar-refractivity contribution in [3.63, 3.8) is 0 Å². The molecular formula is C11H11NaO5S. The molecule has 18 heavy (non-hydrogen) atoms. The third-order valence-corrected chi connectivity index (χ3v) is 2.66. The van der Waals surface area contributed by atoms with Crippen LogP contribution >= 0.6 is 0 Å². The monoisotopic (exact) mass is 278 g/mol. The van der Waals surface area contributed by atoms with Crippen LogP contribution in [-0.4, -0.2) is 29.0 Å². The number of carbonyl (C=O) groups excluding carboxylic acids is 1. The van der Waals surface area contributed by atoms with E-state index in [-0.39, 0.29) is 40.2 Å². The van der Waals surface area contributed by atoms with E-state index in [4.69, 9.17) is 4.74 Å². The smallest absolute Gasteiger partial charge is 0.768 e. The fourth-order valence-electron chi connectivity index (χ4n) is 1.16. The zero-order valence-corrected chi connectivity index (χ0v) is 13.2. The Morgan fingerprint density at radius 3 is 2.56 bits per heavy atom. The van der Waals surface area contributed by atoms with Crippen LogP contribution < -0.4 is 34.3 Å². The molecule has 1 unspecified atom stereocenters. The van der Waals surface area contributed by atoms with Gasteiger partial charge in [0, 0.05) is 6.08 Å². The van der Waals surface area contributed by atoms with Crippen LogP contribution in [0, 0.1) is 0 Å². The second-order valence-electron chi connectivity index (χ2n) is 3.00. The van der Waals surface area contributed by atoms with Gasteiger partial charge in [-0.1, -0.05) is 6.07 Å². The molecule has 0 bridgehead atoms. The Kier molecular flexibility index (Phi) is 8.13. The molecule has 1 atom stereocenters. The maximum Gasteiger partial charge on any atom is 1.00 e. The molecule has 0 aliphatic rings. The summed E-state index contributed by atoms with van der Waals surface area (Å²) in [7, 11) is 2.65. The molecule has 0 spiro atoms. The van der Waals surface area contributed by atoms with Gasteiger partial charge in [-0.05, 0) is 34.9 Å². The van der Waals surface area contributed by atoms with Gasteiger partial charge >= 0.3 is 35.5 Å². The van der Waals surface area contributed by atoms with Crippen LogP contribution in [-0.2, 0) is 20.6 Å². The number of carbonyl (C=O) groups is 1. The van der Waals surface area contributed by atoms with E-state index in [1.807, 2.05) is 0 Å². The Balaban J connectivity index is 0.00000289. The van der Waals surface area contributed by atoms with Crippen molar-refractivity contribution >= 4 is 23.1 Å². The number of hydrogen-bond donors (Lipinski definition) is 0. The standard InChI is InChI=1S/C11H12O5S.Na/c1-15-9-5-3-8(4-6-11(12)16-2)7-10(9)17(13)14;/h3-7H,1-2H3,(H,13,14);/q;+1/p-1/b6-4+;. The summed E-state index contributed by atoms with van der Waals surface area (Å²) in [5.41, 5.74) is 0.565. The van der Waals surface area contributed by atoms with Gasteiger partial charge in [-0.25, -0.2) is 4.79 Å². The van der Waals surface area contributed by atoms with Crippen molar-refractivity contribution in [2.45, 2.75) is 4.90 Å². The average molecular weight is 278 g/mol. The molecule has 7 heteroatoms. The van der Waals surface area contributed by atoms with Crippen LogP contribution in [0.4, 0.5) is 0 Å².